The number of nitrogens with zero attached hydrogens (tertiary/aromatic N) is 1. The minimum absolute atomic E-state index is 0.102. The van der Waals surface area contributed by atoms with Gasteiger partial charge in [0.15, 0.2) is 0 Å². The van der Waals surface area contributed by atoms with Gasteiger partial charge in [0.05, 0.1) is 32.9 Å². The average Bonchev–Trinajstić information content (AvgIpc) is 3.05. The molecule has 0 bridgehead atoms. The molecular weight excluding hydrogens is 578 g/mol. The van der Waals surface area contributed by atoms with Crippen LogP contribution in [0.2, 0.25) is 0 Å². The molecule has 3 unspecified atom stereocenters. The highest BCUT2D eigenvalue weighted by Gasteiger charge is 2.31. The second kappa shape index (κ2) is 18.5. The van der Waals surface area contributed by atoms with Gasteiger partial charge in [0.25, 0.3) is 5.91 Å². The zero-order chi connectivity index (χ0) is 32.6. The van der Waals surface area contributed by atoms with Crippen LogP contribution in [0, 0.1) is 0 Å². The summed E-state index contributed by atoms with van der Waals surface area (Å²) in [4.78, 5) is 67.4. The van der Waals surface area contributed by atoms with E-state index in [4.69, 9.17) is 9.47 Å². The SMILES string of the molecule is CCCCC(NC(=O)C(Cc1ccc(OC)cc1)NC(=O)C(C)NC(=O)CN1CCOCC1)C(=O)C(=O)NCc1ccccc1. The number of carbonyl (C=O) groups excluding carboxylic acids is 5. The van der Waals surface area contributed by atoms with E-state index < -0.39 is 41.6 Å². The molecule has 0 aliphatic carbocycles. The van der Waals surface area contributed by atoms with Crippen molar-refractivity contribution in [3.8, 4) is 5.75 Å². The van der Waals surface area contributed by atoms with E-state index in [1.807, 2.05) is 42.2 Å². The Balaban J connectivity index is 1.69. The number of amides is 4. The van der Waals surface area contributed by atoms with Crippen LogP contribution in [0.5, 0.6) is 5.75 Å². The van der Waals surface area contributed by atoms with Crippen molar-refractivity contribution in [1.82, 2.24) is 26.2 Å². The second-order valence-electron chi connectivity index (χ2n) is 11.0. The Kier molecular flexibility index (Phi) is 14.5. The van der Waals surface area contributed by atoms with Crippen LogP contribution in [0.1, 0.15) is 44.2 Å². The number of morpholine rings is 1. The summed E-state index contributed by atoms with van der Waals surface area (Å²) in [6.07, 6.45) is 1.71. The Hall–Kier alpha value is -4.29. The fraction of sp³-hybridized carbons (Fsp3) is 0.485. The lowest BCUT2D eigenvalue weighted by atomic mass is 10.0. The first-order valence-corrected chi connectivity index (χ1v) is 15.4. The van der Waals surface area contributed by atoms with E-state index in [-0.39, 0.29) is 31.8 Å². The van der Waals surface area contributed by atoms with Crippen LogP contribution in [0.15, 0.2) is 54.6 Å². The van der Waals surface area contributed by atoms with Gasteiger partial charge in [0.1, 0.15) is 17.8 Å². The first kappa shape index (κ1) is 35.2. The van der Waals surface area contributed by atoms with E-state index in [1.54, 1.807) is 38.3 Å². The summed E-state index contributed by atoms with van der Waals surface area (Å²) < 4.78 is 10.5. The molecule has 1 fully saturated rings. The summed E-state index contributed by atoms with van der Waals surface area (Å²) in [6, 6.07) is 13.1. The lowest BCUT2D eigenvalue weighted by Gasteiger charge is -2.27. The number of nitrogens with one attached hydrogen (secondary N) is 4. The van der Waals surface area contributed by atoms with Crippen LogP contribution < -0.4 is 26.0 Å². The topological polar surface area (TPSA) is 155 Å². The van der Waals surface area contributed by atoms with E-state index in [0.29, 0.717) is 38.5 Å². The molecule has 0 radical (unpaired) electrons. The van der Waals surface area contributed by atoms with Crippen LogP contribution in [0.4, 0.5) is 0 Å². The van der Waals surface area contributed by atoms with Crippen molar-refractivity contribution < 1.29 is 33.4 Å². The van der Waals surface area contributed by atoms with Gasteiger partial charge in [-0.15, -0.1) is 0 Å². The van der Waals surface area contributed by atoms with E-state index in [2.05, 4.69) is 21.3 Å². The van der Waals surface area contributed by atoms with Crippen molar-refractivity contribution >= 4 is 29.4 Å². The van der Waals surface area contributed by atoms with E-state index >= 15 is 0 Å². The van der Waals surface area contributed by atoms with Gasteiger partial charge < -0.3 is 30.7 Å². The molecule has 244 valence electrons. The Morgan fingerprint density at radius 3 is 2.18 bits per heavy atom. The van der Waals surface area contributed by atoms with Crippen molar-refractivity contribution in [3.05, 3.63) is 65.7 Å². The van der Waals surface area contributed by atoms with Crippen LogP contribution in [0.25, 0.3) is 0 Å². The molecule has 3 atom stereocenters. The minimum atomic E-state index is -1.09. The number of hydrogen-bond donors (Lipinski definition) is 4. The maximum atomic E-state index is 13.7. The van der Waals surface area contributed by atoms with Gasteiger partial charge in [-0.3, -0.25) is 28.9 Å². The predicted octanol–water partition coefficient (Wildman–Crippen LogP) is 1.12. The van der Waals surface area contributed by atoms with Crippen LogP contribution in [-0.4, -0.2) is 92.4 Å². The predicted molar refractivity (Wildman–Crippen MR) is 168 cm³/mol. The first-order valence-electron chi connectivity index (χ1n) is 15.4. The summed E-state index contributed by atoms with van der Waals surface area (Å²) in [5, 5.41) is 10.8. The number of methoxy groups -OCH3 is 1. The third-order valence-corrected chi connectivity index (χ3v) is 7.47. The number of rotatable bonds is 17. The molecule has 4 N–H and O–H groups in total. The van der Waals surface area contributed by atoms with E-state index in [1.165, 1.54) is 0 Å². The molecule has 2 aromatic rings. The monoisotopic (exact) mass is 623 g/mol. The highest BCUT2D eigenvalue weighted by molar-refractivity contribution is 6.38. The molecule has 12 heteroatoms. The van der Waals surface area contributed by atoms with Crippen LogP contribution >= 0.6 is 0 Å². The van der Waals surface area contributed by atoms with Gasteiger partial charge in [0, 0.05) is 26.1 Å². The summed E-state index contributed by atoms with van der Waals surface area (Å²) in [6.45, 7) is 6.12. The van der Waals surface area contributed by atoms with Crippen molar-refractivity contribution in [2.45, 2.75) is 64.2 Å². The third kappa shape index (κ3) is 12.0. The van der Waals surface area contributed by atoms with Gasteiger partial charge in [0.2, 0.25) is 23.5 Å². The Morgan fingerprint density at radius 2 is 1.53 bits per heavy atom. The zero-order valence-electron chi connectivity index (χ0n) is 26.3. The molecule has 1 aliphatic heterocycles. The van der Waals surface area contributed by atoms with Crippen molar-refractivity contribution in [3.63, 3.8) is 0 Å². The number of ether oxygens (including phenoxy) is 2. The lowest BCUT2D eigenvalue weighted by Crippen LogP contribution is -2.57. The quantitative estimate of drug-likeness (QED) is 0.191. The second-order valence-corrected chi connectivity index (χ2v) is 11.0. The maximum absolute atomic E-state index is 13.7. The Bertz CT molecular complexity index is 1270. The minimum Gasteiger partial charge on any atom is -0.497 e. The van der Waals surface area contributed by atoms with E-state index in [9.17, 15) is 24.0 Å². The van der Waals surface area contributed by atoms with E-state index in [0.717, 1.165) is 17.5 Å². The molecule has 0 saturated carbocycles. The molecule has 3 rings (SSSR count). The summed E-state index contributed by atoms with van der Waals surface area (Å²) in [5.41, 5.74) is 1.57. The van der Waals surface area contributed by atoms with Crippen LogP contribution in [-0.2, 0) is 41.7 Å². The number of ketones is 1. The van der Waals surface area contributed by atoms with Crippen LogP contribution in [0.3, 0.4) is 0 Å². The van der Waals surface area contributed by atoms with Crippen molar-refractivity contribution in [2.24, 2.45) is 0 Å². The standard InChI is InChI=1S/C33H45N5O7/c1-4-5-11-27(30(40)33(43)34-21-25-9-7-6-8-10-25)36-32(42)28(20-24-12-14-26(44-3)15-13-24)37-31(41)23(2)35-29(39)22-38-16-18-45-19-17-38/h6-10,12-15,23,27-28H,4-5,11,16-22H2,1-3H3,(H,34,43)(H,35,39)(H,36,42)(H,37,41). The number of carbonyl (C=O) groups is 5. The molecule has 1 aliphatic rings. The molecule has 45 heavy (non-hydrogen) atoms. The van der Waals surface area contributed by atoms with Gasteiger partial charge >= 0.3 is 0 Å². The summed E-state index contributed by atoms with van der Waals surface area (Å²) in [7, 11) is 1.55. The molecular formula is C33H45N5O7. The molecule has 0 aromatic heterocycles. The Morgan fingerprint density at radius 1 is 0.867 bits per heavy atom. The largest absolute Gasteiger partial charge is 0.497 e. The zero-order valence-corrected chi connectivity index (χ0v) is 26.3. The molecule has 0 spiro atoms. The summed E-state index contributed by atoms with van der Waals surface area (Å²) >= 11 is 0. The van der Waals surface area contributed by atoms with Gasteiger partial charge in [-0.2, -0.15) is 0 Å². The molecule has 2 aromatic carbocycles. The smallest absolute Gasteiger partial charge is 0.289 e. The Labute approximate surface area is 264 Å². The van der Waals surface area contributed by atoms with Gasteiger partial charge in [-0.25, -0.2) is 0 Å². The molecule has 1 heterocycles. The average molecular weight is 624 g/mol. The fourth-order valence-electron chi connectivity index (χ4n) is 4.79. The summed E-state index contributed by atoms with van der Waals surface area (Å²) in [5.74, 6) is -2.42. The molecule has 4 amide bonds. The highest BCUT2D eigenvalue weighted by Crippen LogP contribution is 2.14. The number of benzene rings is 2. The van der Waals surface area contributed by atoms with Crippen molar-refractivity contribution in [2.75, 3.05) is 40.0 Å². The third-order valence-electron chi connectivity index (χ3n) is 7.47. The molecule has 1 saturated heterocycles. The first-order chi connectivity index (χ1) is 21.7. The number of unbranched alkanes of at least 4 members (excludes halogenated alkanes) is 1. The van der Waals surface area contributed by atoms with Gasteiger partial charge in [-0.05, 0) is 36.6 Å². The lowest BCUT2D eigenvalue weighted by molar-refractivity contribution is -0.140. The van der Waals surface area contributed by atoms with Gasteiger partial charge in [-0.1, -0.05) is 62.2 Å². The van der Waals surface area contributed by atoms with Crippen molar-refractivity contribution in [1.29, 1.82) is 0 Å². The number of hydrogen-bond acceptors (Lipinski definition) is 8. The number of Topliss-reactive ketones (excluding diaryl/α,β-unsaturated/α-hetero) is 1. The fourth-order valence-corrected chi connectivity index (χ4v) is 4.79. The molecule has 12 nitrogen and oxygen atoms in total. The normalized spacial score (nSPS) is 15.2. The highest BCUT2D eigenvalue weighted by atomic mass is 16.5. The maximum Gasteiger partial charge on any atom is 0.289 e.